The number of fused-ring (bicyclic) bond motifs is 1. The van der Waals surface area contributed by atoms with Crippen LogP contribution in [0.5, 0.6) is 5.75 Å². The summed E-state index contributed by atoms with van der Waals surface area (Å²) in [7, 11) is -0.584. The molecule has 1 heterocycles. The number of ether oxygens (including phenoxy) is 1. The van der Waals surface area contributed by atoms with E-state index in [1.165, 1.54) is 16.2 Å². The Hall–Kier alpha value is -2.60. The molecule has 37 heavy (non-hydrogen) atoms. The fraction of sp³-hybridized carbons (Fsp3) is 0.360. The Morgan fingerprint density at radius 2 is 2.03 bits per heavy atom. The van der Waals surface area contributed by atoms with E-state index in [-0.39, 0.29) is 10.0 Å². The van der Waals surface area contributed by atoms with Crippen molar-refractivity contribution in [3.8, 4) is 33.0 Å². The zero-order valence-electron chi connectivity index (χ0n) is 20.9. The zero-order valence-corrected chi connectivity index (χ0v) is 24.6. The predicted octanol–water partition coefficient (Wildman–Crippen LogP) is 0.530. The molecule has 196 valence electrons. The number of hydrogen-bond acceptors (Lipinski definition) is 8. The van der Waals surface area contributed by atoms with Gasteiger partial charge in [-0.3, -0.25) is 0 Å². The maximum absolute atomic E-state index is 12.4. The van der Waals surface area contributed by atoms with Gasteiger partial charge >= 0.3 is 213 Å². The molecule has 0 aliphatic heterocycles. The van der Waals surface area contributed by atoms with Crippen LogP contribution in [0.25, 0.3) is 21.1 Å². The summed E-state index contributed by atoms with van der Waals surface area (Å²) in [5, 5.41) is 19.9. The summed E-state index contributed by atoms with van der Waals surface area (Å²) in [6, 6.07) is 13.7. The molecule has 1 N–H and O–H groups in total. The molecule has 1 aromatic heterocycles. The van der Waals surface area contributed by atoms with Crippen LogP contribution < -0.4 is 29.2 Å². The number of hydrogen-bond donors (Lipinski definition) is 1. The number of nitriles is 1. The van der Waals surface area contributed by atoms with Gasteiger partial charge in [-0.2, -0.15) is 0 Å². The molecule has 0 bridgehead atoms. The van der Waals surface area contributed by atoms with Crippen LogP contribution in [0.4, 0.5) is 0 Å². The number of rotatable bonds is 9. The van der Waals surface area contributed by atoms with Crippen molar-refractivity contribution in [1.82, 2.24) is 18.0 Å². The zero-order chi connectivity index (χ0) is 26.7. The van der Waals surface area contributed by atoms with Gasteiger partial charge in [-0.1, -0.05) is 0 Å². The first-order valence-electron chi connectivity index (χ1n) is 11.6. The van der Waals surface area contributed by atoms with Crippen molar-refractivity contribution in [3.05, 3.63) is 53.1 Å². The number of sulfonamides is 1. The first-order chi connectivity index (χ1) is 17.6. The standard InChI is InChI=1S/C25H27IN5O4S2/c1-15(2)35-22-11-8-16(12-17(22)13-27)24-28-29-25(36-24)20-7-5-6-19-18(20)9-10-21(19)26-30-37(33,34)14-23(32)31(3)4/h5-8,11-12,15,21,30H,9-10,14H2,1-4H3/q-1/t21-/m0/s1. The van der Waals surface area contributed by atoms with Crippen LogP contribution in [0.15, 0.2) is 36.4 Å². The molecule has 0 fully saturated rings. The van der Waals surface area contributed by atoms with Crippen LogP contribution in [0.3, 0.4) is 0 Å². The molecule has 0 saturated carbocycles. The molecular weight excluding hydrogens is 625 g/mol. The van der Waals surface area contributed by atoms with Gasteiger partial charge in [0.25, 0.3) is 0 Å². The Kier molecular flexibility index (Phi) is 8.47. The number of amides is 1. The summed E-state index contributed by atoms with van der Waals surface area (Å²) in [6.07, 6.45) is 1.63. The molecule has 1 aliphatic rings. The molecule has 12 heteroatoms. The van der Waals surface area contributed by atoms with E-state index in [0.29, 0.717) is 16.3 Å². The van der Waals surface area contributed by atoms with Gasteiger partial charge in [0, 0.05) is 0 Å². The Balaban J connectivity index is 1.53. The summed E-state index contributed by atoms with van der Waals surface area (Å²) < 4.78 is 33.3. The van der Waals surface area contributed by atoms with Crippen molar-refractivity contribution in [2.45, 2.75) is 36.7 Å². The van der Waals surface area contributed by atoms with Crippen LogP contribution in [0.2, 0.25) is 0 Å². The van der Waals surface area contributed by atoms with Crippen molar-refractivity contribution < 1.29 is 39.4 Å². The average molecular weight is 653 g/mol. The van der Waals surface area contributed by atoms with Crippen molar-refractivity contribution >= 4 is 27.3 Å². The number of carbonyl (C=O) groups is 1. The van der Waals surface area contributed by atoms with Crippen LogP contribution in [-0.4, -0.2) is 55.4 Å². The van der Waals surface area contributed by atoms with E-state index < -0.39 is 43.2 Å². The minimum absolute atomic E-state index is 0.0339. The van der Waals surface area contributed by atoms with Gasteiger partial charge in [0.2, 0.25) is 0 Å². The Labute approximate surface area is 231 Å². The predicted molar refractivity (Wildman–Crippen MR) is 138 cm³/mol. The monoisotopic (exact) mass is 652 g/mol. The van der Waals surface area contributed by atoms with Crippen molar-refractivity contribution in [1.29, 1.82) is 5.26 Å². The second-order valence-corrected chi connectivity index (χ2v) is 15.1. The normalized spacial score (nSPS) is 15.0. The van der Waals surface area contributed by atoms with E-state index in [9.17, 15) is 18.5 Å². The Morgan fingerprint density at radius 3 is 2.73 bits per heavy atom. The quantitative estimate of drug-likeness (QED) is 0.203. The van der Waals surface area contributed by atoms with Gasteiger partial charge < -0.3 is 0 Å². The van der Waals surface area contributed by atoms with E-state index in [4.69, 9.17) is 4.74 Å². The number of nitrogens with one attached hydrogen (secondary N) is 1. The number of alkyl halides is 1. The molecule has 1 amide bonds. The second-order valence-electron chi connectivity index (χ2n) is 9.01. The molecule has 2 aromatic carbocycles. The van der Waals surface area contributed by atoms with E-state index in [1.807, 2.05) is 38.1 Å². The van der Waals surface area contributed by atoms with Gasteiger partial charge in [0.05, 0.1) is 6.10 Å². The topological polar surface area (TPSA) is 125 Å². The summed E-state index contributed by atoms with van der Waals surface area (Å²) in [5.41, 5.74) is 4.54. The first-order valence-corrected chi connectivity index (χ1v) is 16.4. The maximum atomic E-state index is 12.4. The summed E-state index contributed by atoms with van der Waals surface area (Å²) in [5.74, 6) is -0.435. The van der Waals surface area contributed by atoms with Crippen LogP contribution in [-0.2, 0) is 21.2 Å². The first kappa shape index (κ1) is 27.4. The Bertz CT molecular complexity index is 1460. The van der Waals surface area contributed by atoms with Gasteiger partial charge in [-0.05, 0) is 13.8 Å². The summed E-state index contributed by atoms with van der Waals surface area (Å²) in [6.45, 7) is 3.83. The van der Waals surface area contributed by atoms with Crippen LogP contribution >= 0.6 is 11.3 Å². The number of nitrogens with zero attached hydrogens (tertiary/aromatic N) is 4. The molecule has 0 spiro atoms. The van der Waals surface area contributed by atoms with E-state index in [2.05, 4.69) is 19.2 Å². The van der Waals surface area contributed by atoms with Gasteiger partial charge in [-0.25, -0.2) is 0 Å². The molecule has 1 aliphatic carbocycles. The molecule has 1 atom stereocenters. The van der Waals surface area contributed by atoms with Gasteiger partial charge in [0.1, 0.15) is 0 Å². The fourth-order valence-electron chi connectivity index (χ4n) is 3.91. The van der Waals surface area contributed by atoms with Crippen molar-refractivity contribution in [2.75, 3.05) is 19.8 Å². The van der Waals surface area contributed by atoms with E-state index in [0.717, 1.165) is 40.1 Å². The van der Waals surface area contributed by atoms with Gasteiger partial charge in [-0.15, -0.1) is 0 Å². The third-order valence-electron chi connectivity index (χ3n) is 5.67. The SMILES string of the molecule is CC(C)Oc1ccc(-c2nnc(-c3cccc4c3CC[C@@H]4[I-]NS(=O)(=O)CC(=O)N(C)C)s2)cc1C#N. The second kappa shape index (κ2) is 11.4. The van der Waals surface area contributed by atoms with Crippen molar-refractivity contribution in [3.63, 3.8) is 0 Å². The van der Waals surface area contributed by atoms with Crippen LogP contribution in [0.1, 0.15) is 40.9 Å². The Morgan fingerprint density at radius 1 is 1.27 bits per heavy atom. The fourth-order valence-corrected chi connectivity index (χ4v) is 9.78. The summed E-state index contributed by atoms with van der Waals surface area (Å²) in [4.78, 5) is 13.1. The van der Waals surface area contributed by atoms with Crippen molar-refractivity contribution in [2.24, 2.45) is 0 Å². The van der Waals surface area contributed by atoms with E-state index in [1.54, 1.807) is 26.2 Å². The molecule has 9 nitrogen and oxygen atoms in total. The molecule has 4 rings (SSSR count). The molecule has 3 aromatic rings. The van der Waals surface area contributed by atoms with Gasteiger partial charge in [0.15, 0.2) is 0 Å². The average Bonchev–Trinajstić information content (AvgIpc) is 3.50. The van der Waals surface area contributed by atoms with Crippen LogP contribution in [0, 0.1) is 11.3 Å². The third kappa shape index (κ3) is 6.46. The molecular formula is C25H27IN5O4S2-. The molecule has 0 saturated heterocycles. The molecule has 0 radical (unpaired) electrons. The summed E-state index contributed by atoms with van der Waals surface area (Å²) >= 11 is 0.532. The number of aromatic nitrogens is 2. The number of carbonyl (C=O) groups excluding carboxylic acids is 1. The number of benzene rings is 2. The molecule has 0 unspecified atom stereocenters. The number of halogens is 1. The third-order valence-corrected chi connectivity index (χ3v) is 12.4. The minimum atomic E-state index is -3.67. The van der Waals surface area contributed by atoms with E-state index >= 15 is 0 Å².